The van der Waals surface area contributed by atoms with Crippen molar-refractivity contribution in [2.75, 3.05) is 19.8 Å². The summed E-state index contributed by atoms with van der Waals surface area (Å²) in [4.78, 5) is 26.7. The van der Waals surface area contributed by atoms with Gasteiger partial charge >= 0.3 is 5.97 Å². The number of aromatic carboxylic acids is 1. The topological polar surface area (TPSA) is 76.1 Å². The van der Waals surface area contributed by atoms with E-state index in [0.29, 0.717) is 53.9 Å². The van der Waals surface area contributed by atoms with Crippen LogP contribution in [0.15, 0.2) is 72.8 Å². The second-order valence-corrected chi connectivity index (χ2v) is 10.5. The fourth-order valence-corrected chi connectivity index (χ4v) is 5.41. The Kier molecular flexibility index (Phi) is 10.5. The summed E-state index contributed by atoms with van der Waals surface area (Å²) >= 11 is 6.39. The van der Waals surface area contributed by atoms with Crippen LogP contribution in [-0.4, -0.2) is 47.7 Å². The van der Waals surface area contributed by atoms with E-state index >= 15 is 0 Å². The predicted octanol–water partition coefficient (Wildman–Crippen LogP) is 6.78. The Balaban J connectivity index is 1.29. The summed E-state index contributed by atoms with van der Waals surface area (Å²) in [6, 6.07) is 22.3. The lowest BCUT2D eigenvalue weighted by Crippen LogP contribution is -2.35. The zero-order chi connectivity index (χ0) is 27.6. The van der Waals surface area contributed by atoms with E-state index in [1.165, 1.54) is 0 Å². The number of benzene rings is 3. The molecule has 2 atom stereocenters. The molecule has 0 bridgehead atoms. The lowest BCUT2D eigenvalue weighted by molar-refractivity contribution is -0.0158. The van der Waals surface area contributed by atoms with Crippen LogP contribution in [0.4, 0.5) is 0 Å². The molecule has 0 aliphatic heterocycles. The molecule has 1 N–H and O–H groups in total. The normalized spacial score (nSPS) is 17.1. The third-order valence-electron chi connectivity index (χ3n) is 7.26. The fraction of sp³-hybridized carbons (Fsp3) is 0.375. The minimum Gasteiger partial charge on any atom is -0.478 e. The number of hydrogen-bond acceptors (Lipinski definition) is 4. The molecule has 0 aromatic heterocycles. The summed E-state index contributed by atoms with van der Waals surface area (Å²) < 4.78 is 12.2. The molecule has 1 fully saturated rings. The highest BCUT2D eigenvalue weighted by atomic mass is 35.5. The molecule has 3 aromatic rings. The summed E-state index contributed by atoms with van der Waals surface area (Å²) in [6.45, 7) is 3.96. The molecule has 1 aliphatic carbocycles. The highest BCUT2D eigenvalue weighted by molar-refractivity contribution is 6.31. The number of aryl methyl sites for hydroxylation is 1. The lowest BCUT2D eigenvalue weighted by atomic mass is 9.88. The van der Waals surface area contributed by atoms with Crippen LogP contribution in [-0.2, 0) is 22.6 Å². The van der Waals surface area contributed by atoms with Gasteiger partial charge in [-0.15, -0.1) is 0 Å². The number of nitrogens with zero attached hydrogens (tertiary/aromatic N) is 1. The van der Waals surface area contributed by atoms with Crippen LogP contribution < -0.4 is 0 Å². The quantitative estimate of drug-likeness (QED) is 0.269. The molecule has 1 unspecified atom stereocenters. The number of amides is 1. The summed E-state index contributed by atoms with van der Waals surface area (Å²) in [5, 5.41) is 10.2. The van der Waals surface area contributed by atoms with Crippen molar-refractivity contribution in [2.24, 2.45) is 5.92 Å². The summed E-state index contributed by atoms with van der Waals surface area (Å²) in [6.07, 6.45) is 4.08. The highest BCUT2D eigenvalue weighted by Gasteiger charge is 2.24. The predicted molar refractivity (Wildman–Crippen MR) is 152 cm³/mol. The largest absolute Gasteiger partial charge is 0.478 e. The molecule has 6 nitrogen and oxygen atoms in total. The molecule has 1 aliphatic rings. The van der Waals surface area contributed by atoms with Gasteiger partial charge in [-0.25, -0.2) is 4.79 Å². The lowest BCUT2D eigenvalue weighted by Gasteiger charge is -2.30. The molecular formula is C32H36ClNO5. The first-order chi connectivity index (χ1) is 18.9. The van der Waals surface area contributed by atoms with Crippen molar-refractivity contribution in [3.63, 3.8) is 0 Å². The molecule has 3 aromatic carbocycles. The minimum atomic E-state index is -0.924. The second kappa shape index (κ2) is 14.3. The van der Waals surface area contributed by atoms with Crippen molar-refractivity contribution >= 4 is 23.5 Å². The van der Waals surface area contributed by atoms with E-state index in [1.807, 2.05) is 66.7 Å². The van der Waals surface area contributed by atoms with Gasteiger partial charge in [0, 0.05) is 30.3 Å². The van der Waals surface area contributed by atoms with Gasteiger partial charge in [0.1, 0.15) is 0 Å². The van der Waals surface area contributed by atoms with Crippen LogP contribution in [0.1, 0.15) is 63.1 Å². The van der Waals surface area contributed by atoms with Crippen molar-refractivity contribution in [3.8, 4) is 0 Å². The number of halogens is 1. The van der Waals surface area contributed by atoms with Crippen LogP contribution in [0.2, 0.25) is 5.02 Å². The fourth-order valence-electron chi connectivity index (χ4n) is 5.21. The molecule has 39 heavy (non-hydrogen) atoms. The first-order valence-corrected chi connectivity index (χ1v) is 13.9. The molecule has 0 heterocycles. The number of hydrogen-bond donors (Lipinski definition) is 1. The van der Waals surface area contributed by atoms with E-state index in [9.17, 15) is 14.7 Å². The minimum absolute atomic E-state index is 0.0501. The highest BCUT2D eigenvalue weighted by Crippen LogP contribution is 2.27. The van der Waals surface area contributed by atoms with Crippen molar-refractivity contribution in [1.29, 1.82) is 0 Å². The van der Waals surface area contributed by atoms with Gasteiger partial charge in [0.25, 0.3) is 5.91 Å². The Bertz CT molecular complexity index is 1250. The van der Waals surface area contributed by atoms with Crippen molar-refractivity contribution in [1.82, 2.24) is 4.90 Å². The van der Waals surface area contributed by atoms with Crippen molar-refractivity contribution in [2.45, 2.75) is 51.9 Å². The van der Waals surface area contributed by atoms with E-state index in [0.717, 1.165) is 36.8 Å². The van der Waals surface area contributed by atoms with Gasteiger partial charge in [0.2, 0.25) is 0 Å². The van der Waals surface area contributed by atoms with Crippen LogP contribution >= 0.6 is 11.6 Å². The first-order valence-electron chi connectivity index (χ1n) is 13.5. The van der Waals surface area contributed by atoms with E-state index in [2.05, 4.69) is 0 Å². The molecule has 0 saturated heterocycles. The van der Waals surface area contributed by atoms with Crippen molar-refractivity contribution in [3.05, 3.63) is 106 Å². The third kappa shape index (κ3) is 8.15. The number of carbonyl (C=O) groups is 2. The Morgan fingerprint density at radius 2 is 1.72 bits per heavy atom. The maximum Gasteiger partial charge on any atom is 0.336 e. The van der Waals surface area contributed by atoms with Gasteiger partial charge in [-0.1, -0.05) is 72.6 Å². The smallest absolute Gasteiger partial charge is 0.336 e. The van der Waals surface area contributed by atoms with E-state index < -0.39 is 5.97 Å². The Morgan fingerprint density at radius 3 is 2.49 bits per heavy atom. The zero-order valence-corrected chi connectivity index (χ0v) is 23.1. The maximum atomic E-state index is 13.3. The van der Waals surface area contributed by atoms with Gasteiger partial charge in [0.15, 0.2) is 0 Å². The number of rotatable bonds is 12. The first kappa shape index (κ1) is 28.8. The van der Waals surface area contributed by atoms with Crippen LogP contribution in [0.5, 0.6) is 0 Å². The summed E-state index contributed by atoms with van der Waals surface area (Å²) in [5.41, 5.74) is 3.31. The van der Waals surface area contributed by atoms with Crippen LogP contribution in [0.3, 0.4) is 0 Å². The Morgan fingerprint density at radius 1 is 0.974 bits per heavy atom. The Hall–Kier alpha value is -3.19. The average molecular weight is 550 g/mol. The Labute approximate surface area is 235 Å². The standard InChI is InChI=1S/C32H36ClNO5/c1-23-9-7-14-27(30(23)32(36)37)22-38-21-24-10-8-15-28(19-24)39-18-17-34(20-26-13-5-6-16-29(26)33)31(35)25-11-3-2-4-12-25/h2-7,9,11-14,16,24,28H,8,10,15,17-22H2,1H3,(H,36,37)/t24?,28-/m0/s1. The second-order valence-electron chi connectivity index (χ2n) is 10.1. The molecule has 1 amide bonds. The van der Waals surface area contributed by atoms with E-state index in [-0.39, 0.29) is 18.6 Å². The monoisotopic (exact) mass is 549 g/mol. The van der Waals surface area contributed by atoms with E-state index in [1.54, 1.807) is 17.9 Å². The number of carbonyl (C=O) groups excluding carboxylic acids is 1. The molecular weight excluding hydrogens is 514 g/mol. The average Bonchev–Trinajstić information content (AvgIpc) is 2.94. The zero-order valence-electron chi connectivity index (χ0n) is 22.4. The van der Waals surface area contributed by atoms with Crippen molar-refractivity contribution < 1.29 is 24.2 Å². The third-order valence-corrected chi connectivity index (χ3v) is 7.63. The van der Waals surface area contributed by atoms with Gasteiger partial charge in [-0.2, -0.15) is 0 Å². The number of carboxylic acid groups (broad SMARTS) is 1. The van der Waals surface area contributed by atoms with Gasteiger partial charge < -0.3 is 19.5 Å². The molecule has 1 saturated carbocycles. The summed E-state index contributed by atoms with van der Waals surface area (Å²) in [5.74, 6) is -0.620. The molecule has 4 rings (SSSR count). The maximum absolute atomic E-state index is 13.3. The van der Waals surface area contributed by atoms with Crippen LogP contribution in [0, 0.1) is 12.8 Å². The molecule has 7 heteroatoms. The molecule has 206 valence electrons. The summed E-state index contributed by atoms with van der Waals surface area (Å²) in [7, 11) is 0. The SMILES string of the molecule is Cc1cccc(COCC2CCC[C@H](OCCN(Cc3ccccc3Cl)C(=O)c3ccccc3)C2)c1C(=O)O. The number of ether oxygens (including phenoxy) is 2. The number of carboxylic acids is 1. The van der Waals surface area contributed by atoms with Gasteiger partial charge in [0.05, 0.1) is 24.9 Å². The molecule has 0 radical (unpaired) electrons. The van der Waals surface area contributed by atoms with E-state index in [4.69, 9.17) is 21.1 Å². The van der Waals surface area contributed by atoms with Crippen LogP contribution in [0.25, 0.3) is 0 Å². The van der Waals surface area contributed by atoms with Gasteiger partial charge in [-0.3, -0.25) is 4.79 Å². The molecule has 0 spiro atoms. The van der Waals surface area contributed by atoms with Gasteiger partial charge in [-0.05, 0) is 67.0 Å².